The van der Waals surface area contributed by atoms with Gasteiger partial charge in [-0.25, -0.2) is 0 Å². The molecule has 0 radical (unpaired) electrons. The van der Waals surface area contributed by atoms with Gasteiger partial charge in [-0.05, 0) is 35.9 Å². The van der Waals surface area contributed by atoms with E-state index < -0.39 is 6.61 Å². The Bertz CT molecular complexity index is 680. The first-order valence-electron chi connectivity index (χ1n) is 6.61. The van der Waals surface area contributed by atoms with Gasteiger partial charge in [0, 0.05) is 10.6 Å². The van der Waals surface area contributed by atoms with E-state index in [-0.39, 0.29) is 18.1 Å². The summed E-state index contributed by atoms with van der Waals surface area (Å²) < 4.78 is 33.8. The number of oxime groups is 1. The van der Waals surface area contributed by atoms with E-state index in [1.807, 2.05) is 12.1 Å². The van der Waals surface area contributed by atoms with Crippen LogP contribution < -0.4 is 9.47 Å². The van der Waals surface area contributed by atoms with Crippen LogP contribution in [-0.4, -0.2) is 19.9 Å². The molecule has 2 rings (SSSR count). The molecule has 2 aromatic rings. The third kappa shape index (κ3) is 5.41. The second-order valence-electron chi connectivity index (χ2n) is 4.43. The summed E-state index contributed by atoms with van der Waals surface area (Å²) in [5.74, 6) is 0.142. The van der Waals surface area contributed by atoms with Crippen LogP contribution in [0.15, 0.2) is 47.6 Å². The quantitative estimate of drug-likeness (QED) is 0.550. The van der Waals surface area contributed by atoms with Gasteiger partial charge in [0.05, 0.1) is 13.3 Å². The SMILES string of the molecule is COc1cc(C=NOCc2cccc(Cl)c2)ccc1OC(F)F. The Morgan fingerprint density at radius 1 is 1.17 bits per heavy atom. The van der Waals surface area contributed by atoms with Crippen LogP contribution >= 0.6 is 11.6 Å². The third-order valence-electron chi connectivity index (χ3n) is 2.80. The van der Waals surface area contributed by atoms with E-state index in [2.05, 4.69) is 9.89 Å². The van der Waals surface area contributed by atoms with Crippen molar-refractivity contribution in [3.05, 3.63) is 58.6 Å². The van der Waals surface area contributed by atoms with Gasteiger partial charge >= 0.3 is 6.61 Å². The molecule has 0 spiro atoms. The van der Waals surface area contributed by atoms with Crippen LogP contribution in [-0.2, 0) is 11.4 Å². The van der Waals surface area contributed by atoms with Gasteiger partial charge < -0.3 is 14.3 Å². The maximum absolute atomic E-state index is 12.2. The fourth-order valence-corrected chi connectivity index (χ4v) is 2.01. The van der Waals surface area contributed by atoms with Crippen LogP contribution in [0.4, 0.5) is 8.78 Å². The molecular formula is C16H14ClF2NO3. The Hall–Kier alpha value is -2.34. The number of halogens is 3. The van der Waals surface area contributed by atoms with Crippen LogP contribution in [0.2, 0.25) is 5.02 Å². The maximum atomic E-state index is 12.2. The molecule has 0 aromatic heterocycles. The van der Waals surface area contributed by atoms with E-state index in [9.17, 15) is 8.78 Å². The Balaban J connectivity index is 1.96. The van der Waals surface area contributed by atoms with Crippen LogP contribution in [0.25, 0.3) is 0 Å². The molecule has 0 aliphatic heterocycles. The summed E-state index contributed by atoms with van der Waals surface area (Å²) in [7, 11) is 1.37. The molecule has 0 amide bonds. The molecule has 0 saturated carbocycles. The molecule has 0 saturated heterocycles. The van der Waals surface area contributed by atoms with Crippen molar-refractivity contribution < 1.29 is 23.1 Å². The number of benzene rings is 2. The molecule has 0 heterocycles. The molecule has 0 fully saturated rings. The van der Waals surface area contributed by atoms with Crippen LogP contribution in [0, 0.1) is 0 Å². The van der Waals surface area contributed by atoms with Gasteiger partial charge in [-0.15, -0.1) is 0 Å². The minimum absolute atomic E-state index is 0.0421. The molecule has 0 bridgehead atoms. The van der Waals surface area contributed by atoms with Gasteiger partial charge in [0.2, 0.25) is 0 Å². The molecular weight excluding hydrogens is 328 g/mol. The molecule has 122 valence electrons. The second-order valence-corrected chi connectivity index (χ2v) is 4.86. The normalized spacial score (nSPS) is 11.0. The molecule has 2 aromatic carbocycles. The summed E-state index contributed by atoms with van der Waals surface area (Å²) in [4.78, 5) is 5.17. The summed E-state index contributed by atoms with van der Waals surface area (Å²) in [5, 5.41) is 4.44. The van der Waals surface area contributed by atoms with Gasteiger partial charge in [-0.3, -0.25) is 0 Å². The third-order valence-corrected chi connectivity index (χ3v) is 3.04. The van der Waals surface area contributed by atoms with E-state index >= 15 is 0 Å². The molecule has 4 nitrogen and oxygen atoms in total. The molecule has 0 atom stereocenters. The summed E-state index contributed by atoms with van der Waals surface area (Å²) >= 11 is 5.86. The van der Waals surface area contributed by atoms with Gasteiger partial charge in [0.15, 0.2) is 11.5 Å². The minimum Gasteiger partial charge on any atom is -0.493 e. The van der Waals surface area contributed by atoms with Crippen molar-refractivity contribution in [2.45, 2.75) is 13.2 Å². The lowest BCUT2D eigenvalue weighted by atomic mass is 10.2. The average molecular weight is 342 g/mol. The first-order chi connectivity index (χ1) is 11.1. The van der Waals surface area contributed by atoms with Gasteiger partial charge in [-0.2, -0.15) is 8.78 Å². The van der Waals surface area contributed by atoms with Gasteiger partial charge in [-0.1, -0.05) is 28.9 Å². The van der Waals surface area contributed by atoms with Crippen molar-refractivity contribution in [1.82, 2.24) is 0 Å². The van der Waals surface area contributed by atoms with E-state index in [0.717, 1.165) is 5.56 Å². The monoisotopic (exact) mass is 341 g/mol. The highest BCUT2D eigenvalue weighted by Crippen LogP contribution is 2.28. The Morgan fingerprint density at radius 3 is 2.70 bits per heavy atom. The number of alkyl halides is 2. The van der Waals surface area contributed by atoms with E-state index in [1.54, 1.807) is 18.2 Å². The number of hydrogen-bond donors (Lipinski definition) is 0. The zero-order chi connectivity index (χ0) is 16.7. The number of ether oxygens (including phenoxy) is 2. The number of nitrogens with zero attached hydrogens (tertiary/aromatic N) is 1. The number of rotatable bonds is 7. The molecule has 0 unspecified atom stereocenters. The Kier molecular flexibility index (Phi) is 6.17. The smallest absolute Gasteiger partial charge is 0.387 e. The van der Waals surface area contributed by atoms with E-state index in [1.165, 1.54) is 25.5 Å². The fourth-order valence-electron chi connectivity index (χ4n) is 1.79. The van der Waals surface area contributed by atoms with Crippen LogP contribution in [0.3, 0.4) is 0 Å². The van der Waals surface area contributed by atoms with E-state index in [4.69, 9.17) is 21.2 Å². The van der Waals surface area contributed by atoms with Gasteiger partial charge in [0.1, 0.15) is 6.61 Å². The largest absolute Gasteiger partial charge is 0.493 e. The molecule has 0 N–H and O–H groups in total. The molecule has 7 heteroatoms. The van der Waals surface area contributed by atoms with Crippen LogP contribution in [0.5, 0.6) is 11.5 Å². The molecule has 23 heavy (non-hydrogen) atoms. The summed E-state index contributed by atoms with van der Waals surface area (Å²) in [6.07, 6.45) is 1.44. The van der Waals surface area contributed by atoms with Crippen molar-refractivity contribution in [3.8, 4) is 11.5 Å². The standard InChI is InChI=1S/C16H14ClF2NO3/c1-21-15-8-11(5-6-14(15)23-16(18)19)9-20-22-10-12-3-2-4-13(17)7-12/h2-9,16H,10H2,1H3. The highest BCUT2D eigenvalue weighted by molar-refractivity contribution is 6.30. The highest BCUT2D eigenvalue weighted by Gasteiger charge is 2.10. The van der Waals surface area contributed by atoms with Crippen molar-refractivity contribution in [3.63, 3.8) is 0 Å². The first kappa shape index (κ1) is 17.0. The highest BCUT2D eigenvalue weighted by atomic mass is 35.5. The molecule has 0 aliphatic rings. The second kappa shape index (κ2) is 8.33. The Morgan fingerprint density at radius 2 is 2.00 bits per heavy atom. The van der Waals surface area contributed by atoms with Crippen molar-refractivity contribution in [1.29, 1.82) is 0 Å². The summed E-state index contributed by atoms with van der Waals surface area (Å²) in [5.41, 5.74) is 1.50. The van der Waals surface area contributed by atoms with Crippen molar-refractivity contribution in [2.75, 3.05) is 7.11 Å². The fraction of sp³-hybridized carbons (Fsp3) is 0.188. The lowest BCUT2D eigenvalue weighted by Gasteiger charge is -2.09. The molecule has 0 aliphatic carbocycles. The van der Waals surface area contributed by atoms with Crippen LogP contribution in [0.1, 0.15) is 11.1 Å². The maximum Gasteiger partial charge on any atom is 0.387 e. The zero-order valence-corrected chi connectivity index (χ0v) is 13.0. The first-order valence-corrected chi connectivity index (χ1v) is 6.99. The Labute approximate surface area is 137 Å². The number of methoxy groups -OCH3 is 1. The van der Waals surface area contributed by atoms with Gasteiger partial charge in [0.25, 0.3) is 0 Å². The summed E-state index contributed by atoms with van der Waals surface area (Å²) in [6.45, 7) is -2.65. The zero-order valence-electron chi connectivity index (χ0n) is 12.2. The lowest BCUT2D eigenvalue weighted by Crippen LogP contribution is -2.03. The lowest BCUT2D eigenvalue weighted by molar-refractivity contribution is -0.0512. The van der Waals surface area contributed by atoms with E-state index in [0.29, 0.717) is 10.6 Å². The van der Waals surface area contributed by atoms with Crippen molar-refractivity contribution in [2.24, 2.45) is 5.16 Å². The van der Waals surface area contributed by atoms with Crippen molar-refractivity contribution >= 4 is 17.8 Å². The minimum atomic E-state index is -2.91. The summed E-state index contributed by atoms with van der Waals surface area (Å²) in [6, 6.07) is 11.7. The predicted octanol–water partition coefficient (Wildman–Crippen LogP) is 4.50. The topological polar surface area (TPSA) is 40.0 Å². The average Bonchev–Trinajstić information content (AvgIpc) is 2.52. The predicted molar refractivity (Wildman–Crippen MR) is 83.5 cm³/mol. The number of hydrogen-bond acceptors (Lipinski definition) is 4.